The Morgan fingerprint density at radius 1 is 1.69 bits per heavy atom. The number of amides is 1. The second kappa shape index (κ2) is 5.47. The van der Waals surface area contributed by atoms with Crippen molar-refractivity contribution in [2.75, 3.05) is 5.32 Å². The van der Waals surface area contributed by atoms with E-state index in [0.717, 1.165) is 6.07 Å². The summed E-state index contributed by atoms with van der Waals surface area (Å²) < 4.78 is 12.8. The molecule has 1 aromatic carbocycles. The fourth-order valence-electron chi connectivity index (χ4n) is 1.14. The maximum absolute atomic E-state index is 12.8. The predicted molar refractivity (Wildman–Crippen MR) is 59.4 cm³/mol. The summed E-state index contributed by atoms with van der Waals surface area (Å²) in [5.74, 6) is -1.66. The minimum absolute atomic E-state index is 0.0668. The first-order valence-corrected chi connectivity index (χ1v) is 5.11. The molecule has 0 spiro atoms. The lowest BCUT2D eigenvalue weighted by Crippen LogP contribution is -2.20. The molecule has 0 aliphatic carbocycles. The van der Waals surface area contributed by atoms with Crippen LogP contribution in [-0.4, -0.2) is 5.91 Å². The van der Waals surface area contributed by atoms with Crippen molar-refractivity contribution in [1.29, 1.82) is 5.26 Å². The number of nitrogens with zero attached hydrogens (tertiary/aromatic N) is 1. The van der Waals surface area contributed by atoms with E-state index >= 15 is 0 Å². The Morgan fingerprint density at radius 2 is 2.38 bits per heavy atom. The maximum Gasteiger partial charge on any atom is 0.241 e. The largest absolute Gasteiger partial charge is 0.325 e. The van der Waals surface area contributed by atoms with E-state index in [9.17, 15) is 9.18 Å². The summed E-state index contributed by atoms with van der Waals surface area (Å²) in [5.41, 5.74) is 0.380. The van der Waals surface area contributed by atoms with Crippen LogP contribution in [-0.2, 0) is 4.79 Å². The van der Waals surface area contributed by atoms with Gasteiger partial charge >= 0.3 is 0 Å². The van der Waals surface area contributed by atoms with Gasteiger partial charge in [-0.25, -0.2) is 4.39 Å². The van der Waals surface area contributed by atoms with E-state index in [1.165, 1.54) is 12.1 Å². The standard InChI is InChI=1S/C11H10ClFN2O/c1-2-7(6-14)11(16)15-8-3-4-10(13)9(12)5-8/h3-5,7H,2H2,1H3,(H,15,16). The molecule has 0 radical (unpaired) electrons. The van der Waals surface area contributed by atoms with E-state index in [4.69, 9.17) is 16.9 Å². The van der Waals surface area contributed by atoms with Gasteiger partial charge in [-0.15, -0.1) is 0 Å². The van der Waals surface area contributed by atoms with Gasteiger partial charge in [-0.3, -0.25) is 4.79 Å². The number of rotatable bonds is 3. The normalized spacial score (nSPS) is 11.6. The van der Waals surface area contributed by atoms with Gasteiger partial charge in [-0.05, 0) is 24.6 Å². The van der Waals surface area contributed by atoms with E-state index in [1.807, 2.05) is 6.07 Å². The molecule has 0 bridgehead atoms. The number of nitriles is 1. The monoisotopic (exact) mass is 240 g/mol. The van der Waals surface area contributed by atoms with Crippen LogP contribution in [0.25, 0.3) is 0 Å². The van der Waals surface area contributed by atoms with Gasteiger partial charge in [0.05, 0.1) is 11.1 Å². The molecule has 0 aliphatic rings. The third-order valence-corrected chi connectivity index (χ3v) is 2.36. The van der Waals surface area contributed by atoms with E-state index < -0.39 is 17.6 Å². The molecule has 1 aromatic rings. The Bertz CT molecular complexity index is 442. The highest BCUT2D eigenvalue weighted by atomic mass is 35.5. The van der Waals surface area contributed by atoms with Gasteiger partial charge in [0, 0.05) is 5.69 Å². The molecule has 0 fully saturated rings. The Balaban J connectivity index is 2.78. The predicted octanol–water partition coefficient (Wildman–Crippen LogP) is 2.97. The van der Waals surface area contributed by atoms with Crippen LogP contribution in [0.15, 0.2) is 18.2 Å². The lowest BCUT2D eigenvalue weighted by Gasteiger charge is -2.08. The summed E-state index contributed by atoms with van der Waals surface area (Å²) in [6.45, 7) is 1.74. The van der Waals surface area contributed by atoms with Gasteiger partial charge in [-0.1, -0.05) is 18.5 Å². The molecule has 0 saturated heterocycles. The van der Waals surface area contributed by atoms with Gasteiger partial charge in [-0.2, -0.15) is 5.26 Å². The number of hydrogen-bond acceptors (Lipinski definition) is 2. The number of carbonyl (C=O) groups excluding carboxylic acids is 1. The van der Waals surface area contributed by atoms with Crippen molar-refractivity contribution in [1.82, 2.24) is 0 Å². The quantitative estimate of drug-likeness (QED) is 0.883. The van der Waals surface area contributed by atoms with Crippen LogP contribution in [0.5, 0.6) is 0 Å². The average molecular weight is 241 g/mol. The average Bonchev–Trinajstić information content (AvgIpc) is 2.25. The third kappa shape index (κ3) is 2.94. The van der Waals surface area contributed by atoms with Crippen molar-refractivity contribution in [2.24, 2.45) is 5.92 Å². The molecular formula is C11H10ClFN2O. The second-order valence-corrected chi connectivity index (χ2v) is 3.62. The van der Waals surface area contributed by atoms with Crippen molar-refractivity contribution in [3.05, 3.63) is 29.0 Å². The fourth-order valence-corrected chi connectivity index (χ4v) is 1.32. The second-order valence-electron chi connectivity index (χ2n) is 3.21. The molecule has 0 aromatic heterocycles. The summed E-state index contributed by atoms with van der Waals surface area (Å²) in [5, 5.41) is 11.1. The molecule has 5 heteroatoms. The van der Waals surface area contributed by atoms with E-state index in [-0.39, 0.29) is 5.02 Å². The number of anilines is 1. The molecule has 0 saturated carbocycles. The number of benzene rings is 1. The van der Waals surface area contributed by atoms with Crippen molar-refractivity contribution < 1.29 is 9.18 Å². The zero-order valence-electron chi connectivity index (χ0n) is 8.63. The molecule has 0 heterocycles. The Labute approximate surface area is 97.8 Å². The highest BCUT2D eigenvalue weighted by Crippen LogP contribution is 2.20. The van der Waals surface area contributed by atoms with Crippen LogP contribution >= 0.6 is 11.6 Å². The smallest absolute Gasteiger partial charge is 0.241 e. The van der Waals surface area contributed by atoms with Crippen LogP contribution in [0.2, 0.25) is 5.02 Å². The molecule has 1 amide bonds. The summed E-state index contributed by atoms with van der Waals surface area (Å²) >= 11 is 5.55. The molecule has 16 heavy (non-hydrogen) atoms. The SMILES string of the molecule is CCC(C#N)C(=O)Nc1ccc(F)c(Cl)c1. The molecule has 0 aliphatic heterocycles. The summed E-state index contributed by atoms with van der Waals surface area (Å²) in [6, 6.07) is 5.73. The number of halogens is 2. The Morgan fingerprint density at radius 3 is 2.88 bits per heavy atom. The molecule has 3 nitrogen and oxygen atoms in total. The van der Waals surface area contributed by atoms with Crippen molar-refractivity contribution in [3.8, 4) is 6.07 Å². The Kier molecular flexibility index (Phi) is 4.27. The van der Waals surface area contributed by atoms with E-state index in [0.29, 0.717) is 12.1 Å². The summed E-state index contributed by atoms with van der Waals surface area (Å²) in [6.07, 6.45) is 0.428. The topological polar surface area (TPSA) is 52.9 Å². The molecule has 1 unspecified atom stereocenters. The van der Waals surface area contributed by atoms with Gasteiger partial charge in [0.2, 0.25) is 5.91 Å². The Hall–Kier alpha value is -1.60. The first-order chi connectivity index (χ1) is 7.58. The molecule has 1 atom stereocenters. The van der Waals surface area contributed by atoms with Gasteiger partial charge in [0.25, 0.3) is 0 Å². The zero-order chi connectivity index (χ0) is 12.1. The van der Waals surface area contributed by atoms with Gasteiger partial charge in [0.15, 0.2) is 0 Å². The molecule has 84 valence electrons. The fraction of sp³-hybridized carbons (Fsp3) is 0.273. The van der Waals surface area contributed by atoms with Crippen LogP contribution < -0.4 is 5.32 Å². The van der Waals surface area contributed by atoms with E-state index in [2.05, 4.69) is 5.32 Å². The van der Waals surface area contributed by atoms with Gasteiger partial charge in [0.1, 0.15) is 11.7 Å². The molecule has 1 N–H and O–H groups in total. The highest BCUT2D eigenvalue weighted by Gasteiger charge is 2.15. The minimum Gasteiger partial charge on any atom is -0.325 e. The molecular weight excluding hydrogens is 231 g/mol. The van der Waals surface area contributed by atoms with Crippen LogP contribution in [0.1, 0.15) is 13.3 Å². The first kappa shape index (κ1) is 12.5. The number of hydrogen-bond donors (Lipinski definition) is 1. The van der Waals surface area contributed by atoms with Crippen molar-refractivity contribution >= 4 is 23.2 Å². The summed E-state index contributed by atoms with van der Waals surface area (Å²) in [7, 11) is 0. The van der Waals surface area contributed by atoms with Crippen LogP contribution in [0.4, 0.5) is 10.1 Å². The number of carbonyl (C=O) groups is 1. The van der Waals surface area contributed by atoms with Crippen LogP contribution in [0, 0.1) is 23.1 Å². The lowest BCUT2D eigenvalue weighted by molar-refractivity contribution is -0.118. The minimum atomic E-state index is -0.705. The maximum atomic E-state index is 12.8. The highest BCUT2D eigenvalue weighted by molar-refractivity contribution is 6.31. The first-order valence-electron chi connectivity index (χ1n) is 4.74. The molecule has 1 rings (SSSR count). The summed E-state index contributed by atoms with van der Waals surface area (Å²) in [4.78, 5) is 11.5. The zero-order valence-corrected chi connectivity index (χ0v) is 9.38. The van der Waals surface area contributed by atoms with E-state index in [1.54, 1.807) is 6.92 Å². The lowest BCUT2D eigenvalue weighted by atomic mass is 10.1. The van der Waals surface area contributed by atoms with Crippen molar-refractivity contribution in [3.63, 3.8) is 0 Å². The third-order valence-electron chi connectivity index (χ3n) is 2.07. The van der Waals surface area contributed by atoms with Gasteiger partial charge < -0.3 is 5.32 Å². The number of nitrogens with one attached hydrogen (secondary N) is 1. The van der Waals surface area contributed by atoms with Crippen molar-refractivity contribution in [2.45, 2.75) is 13.3 Å². The van der Waals surface area contributed by atoms with Crippen LogP contribution in [0.3, 0.4) is 0 Å².